The molecule has 1 aromatic heterocycles. The van der Waals surface area contributed by atoms with E-state index in [1.54, 1.807) is 6.20 Å². The van der Waals surface area contributed by atoms with Gasteiger partial charge in [-0.05, 0) is 59.8 Å². The van der Waals surface area contributed by atoms with Gasteiger partial charge in [0.2, 0.25) is 5.91 Å². The second-order valence-corrected chi connectivity index (χ2v) is 5.67. The molecule has 1 aromatic rings. The van der Waals surface area contributed by atoms with Gasteiger partial charge in [0.25, 0.3) is 0 Å². The number of carbonyl (C=O) groups excluding carboxylic acids is 1. The number of halogens is 1. The maximum Gasteiger partial charge on any atom is 0.225 e. The Morgan fingerprint density at radius 2 is 2.26 bits per heavy atom. The van der Waals surface area contributed by atoms with Crippen LogP contribution in [0.1, 0.15) is 38.2 Å². The van der Waals surface area contributed by atoms with Gasteiger partial charge in [-0.15, -0.1) is 0 Å². The average Bonchev–Trinajstić information content (AvgIpc) is 2.38. The Morgan fingerprint density at radius 3 is 2.84 bits per heavy atom. The van der Waals surface area contributed by atoms with E-state index in [9.17, 15) is 4.79 Å². The fourth-order valence-corrected chi connectivity index (χ4v) is 2.44. The number of amides is 1. The highest BCUT2D eigenvalue weighted by molar-refractivity contribution is 9.10. The van der Waals surface area contributed by atoms with Crippen molar-refractivity contribution in [3.63, 3.8) is 0 Å². The maximum absolute atomic E-state index is 11.9. The monoisotopic (exact) mass is 327 g/mol. The van der Waals surface area contributed by atoms with E-state index in [1.165, 1.54) is 0 Å². The Hall–Kier alpha value is -0.940. The number of anilines is 1. The number of aryl methyl sites for hydroxylation is 1. The first kappa shape index (κ1) is 16.1. The fourth-order valence-electron chi connectivity index (χ4n) is 1.99. The summed E-state index contributed by atoms with van der Waals surface area (Å²) in [6.07, 6.45) is 5.15. The quantitative estimate of drug-likeness (QED) is 0.807. The largest absolute Gasteiger partial charge is 0.330 e. The molecule has 1 unspecified atom stereocenters. The van der Waals surface area contributed by atoms with Crippen molar-refractivity contribution < 1.29 is 4.79 Å². The number of pyridine rings is 1. The van der Waals surface area contributed by atoms with Crippen molar-refractivity contribution in [3.8, 4) is 0 Å². The summed E-state index contributed by atoms with van der Waals surface area (Å²) >= 11 is 3.35. The normalized spacial score (nSPS) is 12.2. The first-order chi connectivity index (χ1) is 9.06. The number of rotatable bonds is 7. The van der Waals surface area contributed by atoms with E-state index in [0.29, 0.717) is 24.7 Å². The molecule has 0 spiro atoms. The van der Waals surface area contributed by atoms with Crippen LogP contribution in [0.25, 0.3) is 0 Å². The van der Waals surface area contributed by atoms with Gasteiger partial charge in [-0.3, -0.25) is 4.79 Å². The van der Waals surface area contributed by atoms with Crippen LogP contribution in [0, 0.1) is 12.8 Å². The number of nitrogens with zero attached hydrogens (tertiary/aromatic N) is 1. The van der Waals surface area contributed by atoms with Crippen LogP contribution in [-0.2, 0) is 4.79 Å². The van der Waals surface area contributed by atoms with Crippen LogP contribution < -0.4 is 11.1 Å². The van der Waals surface area contributed by atoms with Gasteiger partial charge in [0, 0.05) is 17.1 Å². The molecule has 106 valence electrons. The zero-order valence-electron chi connectivity index (χ0n) is 11.6. The molecule has 0 saturated heterocycles. The summed E-state index contributed by atoms with van der Waals surface area (Å²) in [5.74, 6) is 1.20. The predicted octanol–water partition coefficient (Wildman–Crippen LogP) is 3.25. The van der Waals surface area contributed by atoms with Crippen molar-refractivity contribution >= 4 is 27.7 Å². The van der Waals surface area contributed by atoms with Crippen molar-refractivity contribution in [1.82, 2.24) is 4.98 Å². The molecule has 19 heavy (non-hydrogen) atoms. The van der Waals surface area contributed by atoms with Crippen molar-refractivity contribution in [3.05, 3.63) is 22.3 Å². The van der Waals surface area contributed by atoms with Gasteiger partial charge in [-0.25, -0.2) is 4.98 Å². The first-order valence-electron chi connectivity index (χ1n) is 6.68. The Kier molecular flexibility index (Phi) is 7.02. The summed E-state index contributed by atoms with van der Waals surface area (Å²) in [5.41, 5.74) is 6.51. The molecule has 3 N–H and O–H groups in total. The third-order valence-corrected chi connectivity index (χ3v) is 3.67. The summed E-state index contributed by atoms with van der Waals surface area (Å²) in [6, 6.07) is 1.94. The number of nitrogens with one attached hydrogen (secondary N) is 1. The first-order valence-corrected chi connectivity index (χ1v) is 7.48. The zero-order chi connectivity index (χ0) is 14.3. The minimum atomic E-state index is 0.0217. The van der Waals surface area contributed by atoms with Crippen LogP contribution in [0.5, 0.6) is 0 Å². The lowest BCUT2D eigenvalue weighted by molar-refractivity contribution is -0.116. The third kappa shape index (κ3) is 5.70. The van der Waals surface area contributed by atoms with Crippen molar-refractivity contribution in [2.75, 3.05) is 11.9 Å². The number of aromatic nitrogens is 1. The van der Waals surface area contributed by atoms with Crippen LogP contribution in [0.4, 0.5) is 5.82 Å². The van der Waals surface area contributed by atoms with Crippen molar-refractivity contribution in [1.29, 1.82) is 0 Å². The molecule has 0 aliphatic heterocycles. The highest BCUT2D eigenvalue weighted by Gasteiger charge is 2.10. The number of hydrogen-bond acceptors (Lipinski definition) is 3. The van der Waals surface area contributed by atoms with Gasteiger partial charge < -0.3 is 11.1 Å². The Morgan fingerprint density at radius 1 is 1.53 bits per heavy atom. The lowest BCUT2D eigenvalue weighted by atomic mass is 9.96. The minimum Gasteiger partial charge on any atom is -0.330 e. The standard InChI is InChI=1S/C14H22BrN3O/c1-3-11(6-7-16)4-5-13(19)18-14-10(2)8-12(15)9-17-14/h8-9,11H,3-7,16H2,1-2H3,(H,17,18,19). The van der Waals surface area contributed by atoms with Gasteiger partial charge in [0.1, 0.15) is 5.82 Å². The molecule has 0 fully saturated rings. The summed E-state index contributed by atoms with van der Waals surface area (Å²) in [6.45, 7) is 4.75. The lowest BCUT2D eigenvalue weighted by Gasteiger charge is -2.13. The molecule has 0 aliphatic rings. The molecule has 0 aliphatic carbocycles. The third-order valence-electron chi connectivity index (χ3n) is 3.23. The minimum absolute atomic E-state index is 0.0217. The van der Waals surface area contributed by atoms with Gasteiger partial charge >= 0.3 is 0 Å². The molecular weight excluding hydrogens is 306 g/mol. The number of hydrogen-bond donors (Lipinski definition) is 2. The lowest BCUT2D eigenvalue weighted by Crippen LogP contribution is -2.16. The molecule has 0 bridgehead atoms. The van der Waals surface area contributed by atoms with E-state index in [-0.39, 0.29) is 5.91 Å². The fraction of sp³-hybridized carbons (Fsp3) is 0.571. The van der Waals surface area contributed by atoms with Gasteiger partial charge in [-0.2, -0.15) is 0 Å². The van der Waals surface area contributed by atoms with Crippen molar-refractivity contribution in [2.24, 2.45) is 11.7 Å². The molecule has 0 radical (unpaired) electrons. The van der Waals surface area contributed by atoms with Gasteiger partial charge in [0.05, 0.1) is 0 Å². The maximum atomic E-state index is 11.9. The Balaban J connectivity index is 2.46. The molecule has 5 heteroatoms. The molecule has 0 aromatic carbocycles. The van der Waals surface area contributed by atoms with Crippen LogP contribution >= 0.6 is 15.9 Å². The number of carbonyl (C=O) groups is 1. The van der Waals surface area contributed by atoms with Crippen molar-refractivity contribution in [2.45, 2.75) is 39.5 Å². The molecule has 4 nitrogen and oxygen atoms in total. The van der Waals surface area contributed by atoms with E-state index >= 15 is 0 Å². The highest BCUT2D eigenvalue weighted by Crippen LogP contribution is 2.18. The number of nitrogens with two attached hydrogens (primary N) is 1. The topological polar surface area (TPSA) is 68.0 Å². The molecular formula is C14H22BrN3O. The van der Waals surface area contributed by atoms with Gasteiger partial charge in [0.15, 0.2) is 0 Å². The Bertz CT molecular complexity index is 423. The summed E-state index contributed by atoms with van der Waals surface area (Å²) in [4.78, 5) is 16.1. The summed E-state index contributed by atoms with van der Waals surface area (Å²) < 4.78 is 0.914. The van der Waals surface area contributed by atoms with E-state index < -0.39 is 0 Å². The molecule has 1 rings (SSSR count). The summed E-state index contributed by atoms with van der Waals surface area (Å²) in [7, 11) is 0. The SMILES string of the molecule is CCC(CCN)CCC(=O)Nc1ncc(Br)cc1C. The van der Waals surface area contributed by atoms with Crippen LogP contribution in [0.15, 0.2) is 16.7 Å². The Labute approximate surface area is 123 Å². The van der Waals surface area contributed by atoms with E-state index in [0.717, 1.165) is 29.3 Å². The van der Waals surface area contributed by atoms with E-state index in [4.69, 9.17) is 5.73 Å². The molecule has 1 amide bonds. The smallest absolute Gasteiger partial charge is 0.225 e. The summed E-state index contributed by atoms with van der Waals surface area (Å²) in [5, 5.41) is 2.86. The average molecular weight is 328 g/mol. The van der Waals surface area contributed by atoms with Gasteiger partial charge in [-0.1, -0.05) is 13.3 Å². The highest BCUT2D eigenvalue weighted by atomic mass is 79.9. The molecule has 0 saturated carbocycles. The van der Waals surface area contributed by atoms with Crippen LogP contribution in [-0.4, -0.2) is 17.4 Å². The zero-order valence-corrected chi connectivity index (χ0v) is 13.2. The second-order valence-electron chi connectivity index (χ2n) is 4.76. The van der Waals surface area contributed by atoms with Crippen LogP contribution in [0.2, 0.25) is 0 Å². The van der Waals surface area contributed by atoms with E-state index in [1.807, 2.05) is 13.0 Å². The van der Waals surface area contributed by atoms with E-state index in [2.05, 4.69) is 33.2 Å². The van der Waals surface area contributed by atoms with Crippen LogP contribution in [0.3, 0.4) is 0 Å². The second kappa shape index (κ2) is 8.27. The molecule has 1 heterocycles. The predicted molar refractivity (Wildman–Crippen MR) is 82.0 cm³/mol. The molecule has 1 atom stereocenters.